The van der Waals surface area contributed by atoms with E-state index in [2.05, 4.69) is 23.3 Å². The van der Waals surface area contributed by atoms with Gasteiger partial charge in [0.15, 0.2) is 5.79 Å². The molecule has 1 amide bonds. The summed E-state index contributed by atoms with van der Waals surface area (Å²) in [6, 6.07) is 11.9. The van der Waals surface area contributed by atoms with Crippen LogP contribution in [0.15, 0.2) is 42.6 Å². The van der Waals surface area contributed by atoms with E-state index in [4.69, 9.17) is 9.47 Å². The van der Waals surface area contributed by atoms with Crippen molar-refractivity contribution in [2.45, 2.75) is 32.0 Å². The molecule has 6 heteroatoms. The summed E-state index contributed by atoms with van der Waals surface area (Å²) >= 11 is 0. The molecule has 0 aliphatic carbocycles. The lowest BCUT2D eigenvalue weighted by Crippen LogP contribution is -2.47. The highest BCUT2D eigenvalue weighted by molar-refractivity contribution is 5.93. The van der Waals surface area contributed by atoms with Gasteiger partial charge in [-0.05, 0) is 30.2 Å². The summed E-state index contributed by atoms with van der Waals surface area (Å²) in [4.78, 5) is 19.0. The number of nitrogens with zero attached hydrogens (tertiary/aromatic N) is 2. The van der Waals surface area contributed by atoms with Crippen molar-refractivity contribution in [1.82, 2.24) is 9.88 Å². The lowest BCUT2D eigenvalue weighted by atomic mass is 10.0. The van der Waals surface area contributed by atoms with Crippen molar-refractivity contribution in [3.05, 3.63) is 53.9 Å². The number of nitrogens with one attached hydrogen (secondary N) is 1. The molecule has 142 valence electrons. The average Bonchev–Trinajstić information content (AvgIpc) is 3.17. The van der Waals surface area contributed by atoms with Crippen LogP contribution in [0.5, 0.6) is 0 Å². The summed E-state index contributed by atoms with van der Waals surface area (Å²) in [5.74, 6) is -0.521. The Labute approximate surface area is 159 Å². The van der Waals surface area contributed by atoms with Crippen LogP contribution in [0.4, 0.5) is 11.4 Å². The van der Waals surface area contributed by atoms with Gasteiger partial charge in [0.25, 0.3) is 5.91 Å². The molecule has 1 N–H and O–H groups in total. The third-order valence-corrected chi connectivity index (χ3v) is 5.28. The van der Waals surface area contributed by atoms with Crippen LogP contribution in [0.25, 0.3) is 0 Å². The molecule has 0 unspecified atom stereocenters. The number of anilines is 2. The normalized spacial score (nSPS) is 18.6. The first kappa shape index (κ1) is 17.9. The second-order valence-corrected chi connectivity index (χ2v) is 6.97. The van der Waals surface area contributed by atoms with Gasteiger partial charge in [-0.25, -0.2) is 0 Å². The Balaban J connectivity index is 1.45. The Kier molecular flexibility index (Phi) is 5.09. The Bertz CT molecular complexity index is 808. The van der Waals surface area contributed by atoms with Crippen molar-refractivity contribution in [1.29, 1.82) is 0 Å². The summed E-state index contributed by atoms with van der Waals surface area (Å²) in [5, 5.41) is 3.41. The zero-order chi connectivity index (χ0) is 18.7. The third kappa shape index (κ3) is 3.82. The van der Waals surface area contributed by atoms with E-state index < -0.39 is 5.79 Å². The first-order valence-corrected chi connectivity index (χ1v) is 9.57. The monoisotopic (exact) mass is 367 g/mol. The van der Waals surface area contributed by atoms with Gasteiger partial charge in [0, 0.05) is 43.5 Å². The number of ether oxygens (including phenoxy) is 2. The van der Waals surface area contributed by atoms with E-state index in [0.717, 1.165) is 17.8 Å². The molecule has 1 aromatic carbocycles. The Morgan fingerprint density at radius 1 is 1.19 bits per heavy atom. The number of para-hydroxylation sites is 1. The minimum absolute atomic E-state index is 0.0460. The Morgan fingerprint density at radius 3 is 2.67 bits per heavy atom. The molecular weight excluding hydrogens is 342 g/mol. The van der Waals surface area contributed by atoms with Crippen LogP contribution in [-0.2, 0) is 15.9 Å². The SMILES string of the molecule is CCc1ccccc1Nc1ccnc(C(=O)N2CCC3(CC2)OCCO3)c1. The molecule has 2 saturated heterocycles. The largest absolute Gasteiger partial charge is 0.355 e. The number of aryl methyl sites for hydroxylation is 1. The maximum Gasteiger partial charge on any atom is 0.272 e. The standard InChI is InChI=1S/C21H25N3O3/c1-2-16-5-3-4-6-18(16)23-17-7-10-22-19(15-17)20(25)24-11-8-21(9-12-24)26-13-14-27-21/h3-7,10,15H,2,8-9,11-14H2,1H3,(H,22,23). The van der Waals surface area contributed by atoms with E-state index in [1.165, 1.54) is 5.56 Å². The summed E-state index contributed by atoms with van der Waals surface area (Å²) in [5.41, 5.74) is 3.61. The van der Waals surface area contributed by atoms with Gasteiger partial charge in [-0.15, -0.1) is 0 Å². The van der Waals surface area contributed by atoms with Gasteiger partial charge < -0.3 is 19.7 Å². The predicted molar refractivity (Wildman–Crippen MR) is 103 cm³/mol. The third-order valence-electron chi connectivity index (χ3n) is 5.28. The van der Waals surface area contributed by atoms with E-state index in [9.17, 15) is 4.79 Å². The molecule has 4 rings (SSSR count). The molecule has 0 atom stereocenters. The fourth-order valence-electron chi connectivity index (χ4n) is 3.73. The van der Waals surface area contributed by atoms with E-state index in [1.807, 2.05) is 35.2 Å². The van der Waals surface area contributed by atoms with Gasteiger partial charge in [0.05, 0.1) is 13.2 Å². The van der Waals surface area contributed by atoms with Crippen molar-refractivity contribution < 1.29 is 14.3 Å². The molecule has 6 nitrogen and oxygen atoms in total. The highest BCUT2D eigenvalue weighted by Crippen LogP contribution is 2.31. The number of benzene rings is 1. The smallest absolute Gasteiger partial charge is 0.272 e. The maximum absolute atomic E-state index is 12.9. The van der Waals surface area contributed by atoms with Crippen LogP contribution in [-0.4, -0.2) is 47.9 Å². The fraction of sp³-hybridized carbons (Fsp3) is 0.429. The van der Waals surface area contributed by atoms with E-state index in [0.29, 0.717) is 44.8 Å². The number of hydrogen-bond acceptors (Lipinski definition) is 5. The summed E-state index contributed by atoms with van der Waals surface area (Å²) in [7, 11) is 0. The first-order chi connectivity index (χ1) is 13.2. The van der Waals surface area contributed by atoms with Crippen molar-refractivity contribution in [3.8, 4) is 0 Å². The van der Waals surface area contributed by atoms with E-state index >= 15 is 0 Å². The lowest BCUT2D eigenvalue weighted by molar-refractivity contribution is -0.181. The van der Waals surface area contributed by atoms with Crippen LogP contribution in [0, 0.1) is 0 Å². The van der Waals surface area contributed by atoms with Gasteiger partial charge in [0.1, 0.15) is 5.69 Å². The van der Waals surface area contributed by atoms with Crippen LogP contribution < -0.4 is 5.32 Å². The molecule has 3 heterocycles. The van der Waals surface area contributed by atoms with Gasteiger partial charge >= 0.3 is 0 Å². The number of rotatable bonds is 4. The number of carbonyl (C=O) groups is 1. The van der Waals surface area contributed by atoms with Crippen molar-refractivity contribution in [2.75, 3.05) is 31.6 Å². The number of piperidine rings is 1. The number of amides is 1. The second-order valence-electron chi connectivity index (χ2n) is 6.97. The molecule has 2 aromatic rings. The fourth-order valence-corrected chi connectivity index (χ4v) is 3.73. The highest BCUT2D eigenvalue weighted by atomic mass is 16.7. The van der Waals surface area contributed by atoms with Gasteiger partial charge in [0.2, 0.25) is 0 Å². The van der Waals surface area contributed by atoms with E-state index in [1.54, 1.807) is 6.20 Å². The molecular formula is C21H25N3O3. The number of carbonyl (C=O) groups excluding carboxylic acids is 1. The van der Waals surface area contributed by atoms with Gasteiger partial charge in [-0.1, -0.05) is 25.1 Å². The van der Waals surface area contributed by atoms with Crippen LogP contribution in [0.2, 0.25) is 0 Å². The summed E-state index contributed by atoms with van der Waals surface area (Å²) in [6.45, 7) is 4.65. The number of likely N-dealkylation sites (tertiary alicyclic amines) is 1. The minimum Gasteiger partial charge on any atom is -0.355 e. The maximum atomic E-state index is 12.9. The Hall–Kier alpha value is -2.44. The molecule has 2 aliphatic heterocycles. The number of aromatic nitrogens is 1. The average molecular weight is 367 g/mol. The molecule has 0 bridgehead atoms. The summed E-state index contributed by atoms with van der Waals surface area (Å²) < 4.78 is 11.5. The lowest BCUT2D eigenvalue weighted by Gasteiger charge is -2.37. The second kappa shape index (κ2) is 7.66. The first-order valence-electron chi connectivity index (χ1n) is 9.57. The van der Waals surface area contributed by atoms with E-state index in [-0.39, 0.29) is 5.91 Å². The van der Waals surface area contributed by atoms with Crippen molar-refractivity contribution in [2.24, 2.45) is 0 Å². The van der Waals surface area contributed by atoms with Crippen LogP contribution in [0.3, 0.4) is 0 Å². The van der Waals surface area contributed by atoms with Crippen LogP contribution >= 0.6 is 0 Å². The molecule has 27 heavy (non-hydrogen) atoms. The zero-order valence-corrected chi connectivity index (χ0v) is 15.6. The zero-order valence-electron chi connectivity index (χ0n) is 15.6. The molecule has 2 aliphatic rings. The molecule has 0 saturated carbocycles. The predicted octanol–water partition coefficient (Wildman–Crippen LogP) is 3.37. The quantitative estimate of drug-likeness (QED) is 0.898. The number of pyridine rings is 1. The molecule has 2 fully saturated rings. The highest BCUT2D eigenvalue weighted by Gasteiger charge is 2.41. The number of hydrogen-bond donors (Lipinski definition) is 1. The molecule has 1 aromatic heterocycles. The topological polar surface area (TPSA) is 63.7 Å². The Morgan fingerprint density at radius 2 is 1.93 bits per heavy atom. The van der Waals surface area contributed by atoms with Gasteiger partial charge in [-0.3, -0.25) is 9.78 Å². The van der Waals surface area contributed by atoms with Crippen molar-refractivity contribution in [3.63, 3.8) is 0 Å². The van der Waals surface area contributed by atoms with Crippen LogP contribution in [0.1, 0.15) is 35.8 Å². The van der Waals surface area contributed by atoms with Gasteiger partial charge in [-0.2, -0.15) is 0 Å². The molecule has 1 spiro atoms. The molecule has 0 radical (unpaired) electrons. The summed E-state index contributed by atoms with van der Waals surface area (Å²) in [6.07, 6.45) is 4.04. The van der Waals surface area contributed by atoms with Crippen molar-refractivity contribution >= 4 is 17.3 Å². The minimum atomic E-state index is -0.475.